The minimum absolute atomic E-state index is 0.0318. The highest BCUT2D eigenvalue weighted by atomic mass is 16.5. The molecule has 1 amide bonds. The van der Waals surface area contributed by atoms with Gasteiger partial charge in [-0.3, -0.25) is 4.79 Å². The molecule has 0 bridgehead atoms. The lowest BCUT2D eigenvalue weighted by Gasteiger charge is -2.07. The van der Waals surface area contributed by atoms with Crippen LogP contribution in [-0.2, 0) is 9.53 Å². The van der Waals surface area contributed by atoms with Gasteiger partial charge in [0.05, 0.1) is 11.9 Å². The molecule has 0 saturated carbocycles. The highest BCUT2D eigenvalue weighted by Crippen LogP contribution is 2.15. The first kappa shape index (κ1) is 13.0. The number of nitrogens with zero attached hydrogens (tertiary/aromatic N) is 1. The van der Waals surface area contributed by atoms with Crippen molar-refractivity contribution in [3.63, 3.8) is 0 Å². The van der Waals surface area contributed by atoms with E-state index in [1.54, 1.807) is 18.3 Å². The maximum absolute atomic E-state index is 11.3. The topological polar surface area (TPSA) is 63.2 Å². The standard InChI is InChI=1S/C14H15N3O2/c1-19-10-14(18)17-12-7-8-13(15-9-12)16-11-5-3-2-4-6-11/h2-9H,10H2,1H3,(H,15,16)(H,17,18). The van der Waals surface area contributed by atoms with Crippen LogP contribution in [0.2, 0.25) is 0 Å². The summed E-state index contributed by atoms with van der Waals surface area (Å²) in [7, 11) is 1.48. The summed E-state index contributed by atoms with van der Waals surface area (Å²) >= 11 is 0. The summed E-state index contributed by atoms with van der Waals surface area (Å²) in [6.45, 7) is 0.0318. The Morgan fingerprint density at radius 1 is 1.16 bits per heavy atom. The summed E-state index contributed by atoms with van der Waals surface area (Å²) in [5, 5.41) is 5.84. The molecule has 98 valence electrons. The molecule has 0 fully saturated rings. The number of ether oxygens (including phenoxy) is 1. The second-order valence-corrected chi connectivity index (χ2v) is 3.90. The largest absolute Gasteiger partial charge is 0.375 e. The van der Waals surface area contributed by atoms with Crippen LogP contribution in [0, 0.1) is 0 Å². The van der Waals surface area contributed by atoms with E-state index in [1.165, 1.54) is 7.11 Å². The molecule has 1 aromatic carbocycles. The highest BCUT2D eigenvalue weighted by molar-refractivity contribution is 5.91. The maximum Gasteiger partial charge on any atom is 0.250 e. The summed E-state index contributed by atoms with van der Waals surface area (Å²) < 4.78 is 4.73. The van der Waals surface area contributed by atoms with Gasteiger partial charge in [-0.15, -0.1) is 0 Å². The van der Waals surface area contributed by atoms with Crippen LogP contribution in [0.3, 0.4) is 0 Å². The van der Waals surface area contributed by atoms with Gasteiger partial charge in [0.1, 0.15) is 12.4 Å². The number of aromatic nitrogens is 1. The smallest absolute Gasteiger partial charge is 0.250 e. The summed E-state index contributed by atoms with van der Waals surface area (Å²) in [6.07, 6.45) is 1.60. The fraction of sp³-hybridized carbons (Fsp3) is 0.143. The van der Waals surface area contributed by atoms with E-state index >= 15 is 0 Å². The number of hydrogen-bond donors (Lipinski definition) is 2. The van der Waals surface area contributed by atoms with E-state index in [0.717, 1.165) is 11.5 Å². The van der Waals surface area contributed by atoms with Crippen LogP contribution in [0.15, 0.2) is 48.7 Å². The van der Waals surface area contributed by atoms with Crippen LogP contribution >= 0.6 is 0 Å². The lowest BCUT2D eigenvalue weighted by Crippen LogP contribution is -2.17. The van der Waals surface area contributed by atoms with E-state index in [4.69, 9.17) is 4.74 Å². The van der Waals surface area contributed by atoms with Crippen LogP contribution in [0.1, 0.15) is 0 Å². The molecule has 0 aliphatic rings. The lowest BCUT2D eigenvalue weighted by atomic mass is 10.3. The van der Waals surface area contributed by atoms with Crippen LogP contribution in [0.5, 0.6) is 0 Å². The molecule has 0 aliphatic heterocycles. The first-order valence-electron chi connectivity index (χ1n) is 5.85. The maximum atomic E-state index is 11.3. The first-order valence-corrected chi connectivity index (χ1v) is 5.85. The molecule has 0 spiro atoms. The van der Waals surface area contributed by atoms with Crippen molar-refractivity contribution in [3.05, 3.63) is 48.7 Å². The minimum Gasteiger partial charge on any atom is -0.375 e. The Morgan fingerprint density at radius 2 is 1.95 bits per heavy atom. The zero-order valence-electron chi connectivity index (χ0n) is 10.6. The number of methoxy groups -OCH3 is 1. The predicted molar refractivity (Wildman–Crippen MR) is 74.5 cm³/mol. The van der Waals surface area contributed by atoms with Crippen molar-refractivity contribution in [2.75, 3.05) is 24.4 Å². The number of benzene rings is 1. The number of para-hydroxylation sites is 1. The van der Waals surface area contributed by atoms with Crippen LogP contribution in [0.25, 0.3) is 0 Å². The molecule has 0 saturated heterocycles. The minimum atomic E-state index is -0.201. The van der Waals surface area contributed by atoms with Gasteiger partial charge in [0, 0.05) is 12.8 Å². The number of pyridine rings is 1. The Kier molecular flexibility index (Phi) is 4.47. The van der Waals surface area contributed by atoms with E-state index in [1.807, 2.05) is 30.3 Å². The summed E-state index contributed by atoms with van der Waals surface area (Å²) in [4.78, 5) is 15.5. The van der Waals surface area contributed by atoms with Gasteiger partial charge in [-0.1, -0.05) is 18.2 Å². The molecule has 0 unspecified atom stereocenters. The molecule has 1 aromatic heterocycles. The van der Waals surface area contributed by atoms with Crippen molar-refractivity contribution in [2.24, 2.45) is 0 Å². The normalized spacial score (nSPS) is 9.95. The number of hydrogen-bond acceptors (Lipinski definition) is 4. The molecular formula is C14H15N3O2. The SMILES string of the molecule is COCC(=O)Nc1ccc(Nc2ccccc2)nc1. The third-order valence-corrected chi connectivity index (χ3v) is 2.37. The predicted octanol–water partition coefficient (Wildman–Crippen LogP) is 2.41. The number of amides is 1. The fourth-order valence-corrected chi connectivity index (χ4v) is 1.54. The summed E-state index contributed by atoms with van der Waals surface area (Å²) in [5.41, 5.74) is 1.60. The molecule has 5 nitrogen and oxygen atoms in total. The zero-order chi connectivity index (χ0) is 13.5. The number of carbonyl (C=O) groups is 1. The lowest BCUT2D eigenvalue weighted by molar-refractivity contribution is -0.119. The number of anilines is 3. The molecule has 2 rings (SSSR count). The van der Waals surface area contributed by atoms with E-state index in [-0.39, 0.29) is 12.5 Å². The average molecular weight is 257 g/mol. The Morgan fingerprint density at radius 3 is 2.58 bits per heavy atom. The molecule has 2 aromatic rings. The van der Waals surface area contributed by atoms with Gasteiger partial charge < -0.3 is 15.4 Å². The average Bonchev–Trinajstić information content (AvgIpc) is 2.42. The van der Waals surface area contributed by atoms with Gasteiger partial charge in [-0.2, -0.15) is 0 Å². The highest BCUT2D eigenvalue weighted by Gasteiger charge is 2.02. The van der Waals surface area contributed by atoms with Gasteiger partial charge >= 0.3 is 0 Å². The summed E-state index contributed by atoms with van der Waals surface area (Å²) in [6, 6.07) is 13.3. The number of carbonyl (C=O) groups excluding carboxylic acids is 1. The quantitative estimate of drug-likeness (QED) is 0.863. The Labute approximate surface area is 111 Å². The van der Waals surface area contributed by atoms with Crippen LogP contribution in [0.4, 0.5) is 17.2 Å². The molecule has 19 heavy (non-hydrogen) atoms. The van der Waals surface area contributed by atoms with Crippen molar-refractivity contribution >= 4 is 23.1 Å². The van der Waals surface area contributed by atoms with Crippen molar-refractivity contribution in [1.29, 1.82) is 0 Å². The number of nitrogens with one attached hydrogen (secondary N) is 2. The Balaban J connectivity index is 1.97. The molecule has 0 radical (unpaired) electrons. The first-order chi connectivity index (χ1) is 9.28. The molecule has 0 aliphatic carbocycles. The molecule has 1 heterocycles. The zero-order valence-corrected chi connectivity index (χ0v) is 10.6. The van der Waals surface area contributed by atoms with Gasteiger partial charge in [0.15, 0.2) is 0 Å². The monoisotopic (exact) mass is 257 g/mol. The third kappa shape index (κ3) is 4.08. The molecule has 5 heteroatoms. The summed E-state index contributed by atoms with van der Waals surface area (Å²) in [5.74, 6) is 0.518. The van der Waals surface area contributed by atoms with Crippen LogP contribution < -0.4 is 10.6 Å². The van der Waals surface area contributed by atoms with E-state index in [9.17, 15) is 4.79 Å². The Bertz CT molecular complexity index is 526. The Hall–Kier alpha value is -2.40. The van der Waals surface area contributed by atoms with E-state index < -0.39 is 0 Å². The van der Waals surface area contributed by atoms with Gasteiger partial charge in [0.25, 0.3) is 0 Å². The van der Waals surface area contributed by atoms with Crippen molar-refractivity contribution in [3.8, 4) is 0 Å². The van der Waals surface area contributed by atoms with Gasteiger partial charge in [-0.25, -0.2) is 4.98 Å². The fourth-order valence-electron chi connectivity index (χ4n) is 1.54. The second-order valence-electron chi connectivity index (χ2n) is 3.90. The molecule has 0 atom stereocenters. The van der Waals surface area contributed by atoms with E-state index in [2.05, 4.69) is 15.6 Å². The third-order valence-electron chi connectivity index (χ3n) is 2.37. The van der Waals surface area contributed by atoms with Crippen LogP contribution in [-0.4, -0.2) is 24.6 Å². The molecule has 2 N–H and O–H groups in total. The molecular weight excluding hydrogens is 242 g/mol. The van der Waals surface area contributed by atoms with Gasteiger partial charge in [0.2, 0.25) is 5.91 Å². The van der Waals surface area contributed by atoms with Crippen molar-refractivity contribution < 1.29 is 9.53 Å². The van der Waals surface area contributed by atoms with Gasteiger partial charge in [-0.05, 0) is 24.3 Å². The second kappa shape index (κ2) is 6.51. The number of rotatable bonds is 5. The van der Waals surface area contributed by atoms with Crippen molar-refractivity contribution in [2.45, 2.75) is 0 Å². The van der Waals surface area contributed by atoms with Crippen molar-refractivity contribution in [1.82, 2.24) is 4.98 Å². The van der Waals surface area contributed by atoms with E-state index in [0.29, 0.717) is 5.69 Å².